The molecule has 272 valence electrons. The normalized spacial score (nSPS) is 13.2. The van der Waals surface area contributed by atoms with Gasteiger partial charge in [-0.1, -0.05) is 19.6 Å². The minimum Gasteiger partial charge on any atom is -0.481 e. The number of ether oxygens (including phenoxy) is 4. The number of ketones is 1. The molecule has 0 aliphatic heterocycles. The van der Waals surface area contributed by atoms with Crippen LogP contribution in [0.1, 0.15) is 58.8 Å². The molecule has 4 atom stereocenters. The van der Waals surface area contributed by atoms with Gasteiger partial charge in [-0.05, 0) is 33.2 Å². The van der Waals surface area contributed by atoms with Crippen LogP contribution in [-0.4, -0.2) is 116 Å². The first-order chi connectivity index (χ1) is 22.6. The maximum Gasteiger partial charge on any atom is 0.333 e. The fraction of sp³-hybridized carbons (Fsp3) is 0.645. The minimum atomic E-state index is -1.54. The molecule has 0 heterocycles. The van der Waals surface area contributed by atoms with Gasteiger partial charge in [-0.3, -0.25) is 19.2 Å². The van der Waals surface area contributed by atoms with E-state index in [0.717, 1.165) is 0 Å². The van der Waals surface area contributed by atoms with Crippen LogP contribution in [0.3, 0.4) is 0 Å². The van der Waals surface area contributed by atoms with Gasteiger partial charge in [0.25, 0.3) is 0 Å². The molecule has 0 aliphatic carbocycles. The minimum absolute atomic E-state index is 0.0158. The van der Waals surface area contributed by atoms with E-state index in [0.29, 0.717) is 25.8 Å². The molecule has 8 N–H and O–H groups in total. The van der Waals surface area contributed by atoms with Crippen molar-refractivity contribution in [1.29, 1.82) is 0 Å². The van der Waals surface area contributed by atoms with Crippen LogP contribution in [0.25, 0.3) is 0 Å². The highest BCUT2D eigenvalue weighted by molar-refractivity contribution is 5.96. The zero-order chi connectivity index (χ0) is 36.6. The Balaban J connectivity index is 5.24. The van der Waals surface area contributed by atoms with Gasteiger partial charge in [-0.15, -0.1) is 0 Å². The number of carbonyl (C=O) groups excluding carboxylic acids is 5. The summed E-state index contributed by atoms with van der Waals surface area (Å²) in [6.07, 6.45) is 0.293. The van der Waals surface area contributed by atoms with Crippen LogP contribution in [-0.2, 0) is 52.5 Å². The van der Waals surface area contributed by atoms with Gasteiger partial charge in [0.05, 0.1) is 38.9 Å². The summed E-state index contributed by atoms with van der Waals surface area (Å²) in [4.78, 5) is 85.1. The van der Waals surface area contributed by atoms with Crippen LogP contribution in [0.15, 0.2) is 24.3 Å². The molecule has 0 aromatic carbocycles. The number of hydrogen-bond acceptors (Lipinski definition) is 13. The quantitative estimate of drug-likeness (QED) is 0.0347. The fourth-order valence-electron chi connectivity index (χ4n) is 3.79. The highest BCUT2D eigenvalue weighted by Gasteiger charge is 2.32. The van der Waals surface area contributed by atoms with E-state index in [9.17, 15) is 43.8 Å². The largest absolute Gasteiger partial charge is 0.481 e. The van der Waals surface area contributed by atoms with Crippen molar-refractivity contribution < 1.29 is 62.7 Å². The number of carboxylic acid groups (broad SMARTS) is 2. The van der Waals surface area contributed by atoms with Crippen molar-refractivity contribution in [3.63, 3.8) is 0 Å². The average molecular weight is 687 g/mol. The summed E-state index contributed by atoms with van der Waals surface area (Å²) in [6, 6.07) is -4.29. The van der Waals surface area contributed by atoms with Crippen LogP contribution >= 0.6 is 0 Å². The number of unbranched alkanes of at least 4 members (excludes halogenated alkanes) is 1. The molecule has 2 amide bonds. The first-order valence-corrected chi connectivity index (χ1v) is 15.4. The molecule has 17 heteroatoms. The maximum atomic E-state index is 13.2. The van der Waals surface area contributed by atoms with E-state index < -0.39 is 85.0 Å². The second kappa shape index (κ2) is 24.9. The third-order valence-electron chi connectivity index (χ3n) is 6.47. The van der Waals surface area contributed by atoms with Crippen molar-refractivity contribution in [2.24, 2.45) is 17.4 Å². The molecular weight excluding hydrogens is 636 g/mol. The second-order valence-electron chi connectivity index (χ2n) is 11.0. The Bertz CT molecular complexity index is 1130. The van der Waals surface area contributed by atoms with Crippen molar-refractivity contribution in [2.45, 2.75) is 76.9 Å². The molecule has 0 unspecified atom stereocenters. The number of rotatable bonds is 28. The highest BCUT2D eigenvalue weighted by Crippen LogP contribution is 2.17. The SMILES string of the molecule is C=C(C)C(=O)OCCCOC[C@H](NC(=O)[C@H](CCCCN)CC(=O)[C@H](CC(=O)O)NC(=O)[C@@H](N)COCCCOC(=O)C(=C)C)C(=O)O. The van der Waals surface area contributed by atoms with Gasteiger partial charge < -0.3 is 51.3 Å². The lowest BCUT2D eigenvalue weighted by Crippen LogP contribution is -2.51. The summed E-state index contributed by atoms with van der Waals surface area (Å²) in [7, 11) is 0. The molecule has 0 saturated heterocycles. The first-order valence-electron chi connectivity index (χ1n) is 15.4. The Morgan fingerprint density at radius 1 is 0.708 bits per heavy atom. The number of aliphatic carboxylic acids is 2. The van der Waals surface area contributed by atoms with E-state index in [4.69, 9.17) is 30.4 Å². The van der Waals surface area contributed by atoms with E-state index in [1.807, 2.05) is 0 Å². The monoisotopic (exact) mass is 686 g/mol. The number of esters is 2. The number of Topliss-reactive ketones (excluding diaryl/α,β-unsaturated/α-hetero) is 1. The van der Waals surface area contributed by atoms with Crippen molar-refractivity contribution in [3.05, 3.63) is 24.3 Å². The third-order valence-corrected chi connectivity index (χ3v) is 6.47. The van der Waals surface area contributed by atoms with E-state index in [1.165, 1.54) is 13.8 Å². The van der Waals surface area contributed by atoms with E-state index in [2.05, 4.69) is 23.8 Å². The maximum absolute atomic E-state index is 13.2. The number of carboxylic acids is 2. The van der Waals surface area contributed by atoms with Crippen molar-refractivity contribution >= 4 is 41.5 Å². The number of carbonyl (C=O) groups is 7. The van der Waals surface area contributed by atoms with Gasteiger partial charge in [-0.25, -0.2) is 14.4 Å². The van der Waals surface area contributed by atoms with Crippen LogP contribution in [0, 0.1) is 5.92 Å². The molecule has 48 heavy (non-hydrogen) atoms. The molecule has 0 aliphatic rings. The van der Waals surface area contributed by atoms with Crippen molar-refractivity contribution in [1.82, 2.24) is 10.6 Å². The molecule has 0 radical (unpaired) electrons. The number of hydrogen-bond donors (Lipinski definition) is 6. The second-order valence-corrected chi connectivity index (χ2v) is 11.0. The summed E-state index contributed by atoms with van der Waals surface area (Å²) in [5.74, 6) is -7.43. The van der Waals surface area contributed by atoms with Gasteiger partial charge >= 0.3 is 23.9 Å². The van der Waals surface area contributed by atoms with E-state index in [1.54, 1.807) is 0 Å². The van der Waals surface area contributed by atoms with Crippen molar-refractivity contribution in [2.75, 3.05) is 46.2 Å². The molecule has 0 bridgehead atoms. The first kappa shape index (κ1) is 43.8. The van der Waals surface area contributed by atoms with Gasteiger partial charge in [0.2, 0.25) is 11.8 Å². The molecule has 17 nitrogen and oxygen atoms in total. The summed E-state index contributed by atoms with van der Waals surface area (Å²) in [5.41, 5.74) is 11.9. The Morgan fingerprint density at radius 3 is 1.71 bits per heavy atom. The van der Waals surface area contributed by atoms with Crippen LogP contribution < -0.4 is 22.1 Å². The molecule has 0 fully saturated rings. The van der Waals surface area contributed by atoms with E-state index >= 15 is 0 Å². The highest BCUT2D eigenvalue weighted by atomic mass is 16.5. The average Bonchev–Trinajstić information content (AvgIpc) is 3.01. The predicted molar refractivity (Wildman–Crippen MR) is 170 cm³/mol. The van der Waals surface area contributed by atoms with Gasteiger partial charge in [0.15, 0.2) is 11.8 Å². The lowest BCUT2D eigenvalue weighted by Gasteiger charge is -2.23. The van der Waals surface area contributed by atoms with Gasteiger partial charge in [0, 0.05) is 49.5 Å². The molecular formula is C31H50N4O13. The summed E-state index contributed by atoms with van der Waals surface area (Å²) < 4.78 is 20.5. The zero-order valence-electron chi connectivity index (χ0n) is 27.7. The molecule has 0 aromatic rings. The smallest absolute Gasteiger partial charge is 0.333 e. The summed E-state index contributed by atoms with van der Waals surface area (Å²) in [6.45, 7) is 9.69. The number of amides is 2. The lowest BCUT2D eigenvalue weighted by atomic mass is 9.91. The topological polar surface area (TPSA) is 273 Å². The Labute approximate surface area is 279 Å². The predicted octanol–water partition coefficient (Wildman–Crippen LogP) is -0.401. The molecule has 0 spiro atoms. The Kier molecular flexibility index (Phi) is 22.7. The molecule has 0 rings (SSSR count). The van der Waals surface area contributed by atoms with Crippen LogP contribution in [0.2, 0.25) is 0 Å². The number of nitrogens with one attached hydrogen (secondary N) is 2. The Hall–Kier alpha value is -4.19. The van der Waals surface area contributed by atoms with Gasteiger partial charge in [0.1, 0.15) is 6.04 Å². The van der Waals surface area contributed by atoms with Gasteiger partial charge in [-0.2, -0.15) is 0 Å². The van der Waals surface area contributed by atoms with Crippen molar-refractivity contribution in [3.8, 4) is 0 Å². The summed E-state index contributed by atoms with van der Waals surface area (Å²) in [5, 5.41) is 23.6. The van der Waals surface area contributed by atoms with Crippen LogP contribution in [0.4, 0.5) is 0 Å². The fourth-order valence-corrected chi connectivity index (χ4v) is 3.79. The molecule has 0 aromatic heterocycles. The van der Waals surface area contributed by atoms with Crippen LogP contribution in [0.5, 0.6) is 0 Å². The standard InChI is InChI=1S/C31H50N4O13/c1-19(2)30(43)47-13-7-11-45-17-22(33)28(40)34-23(16-26(37)38)25(36)15-21(9-5-6-10-32)27(39)35-24(29(41)42)18-46-12-8-14-48-31(44)20(3)4/h21-24H,1,3,5-18,32-33H2,2,4H3,(H,34,40)(H,35,39)(H,37,38)(H,41,42)/t21-,22+,23+,24+/m1/s1. The Morgan fingerprint density at radius 2 is 1.23 bits per heavy atom. The third kappa shape index (κ3) is 20.1. The number of nitrogens with two attached hydrogens (primary N) is 2. The zero-order valence-corrected chi connectivity index (χ0v) is 27.7. The molecule has 0 saturated carbocycles. The lowest BCUT2D eigenvalue weighted by molar-refractivity contribution is -0.145. The van der Waals surface area contributed by atoms with E-state index in [-0.39, 0.29) is 57.0 Å². The summed E-state index contributed by atoms with van der Waals surface area (Å²) >= 11 is 0.